The first-order valence-electron chi connectivity index (χ1n) is 15.0. The third-order valence-electron chi connectivity index (χ3n) is 7.64. The topological polar surface area (TPSA) is 63.3 Å². The largest absolute Gasteiger partial charge is 0.507 e. The van der Waals surface area contributed by atoms with Gasteiger partial charge in [0.05, 0.1) is 0 Å². The number of benzene rings is 1. The molecule has 1 atom stereocenters. The maximum absolute atomic E-state index is 12.3. The summed E-state index contributed by atoms with van der Waals surface area (Å²) in [6.45, 7) is 15.2. The zero-order valence-corrected chi connectivity index (χ0v) is 25.0. The van der Waals surface area contributed by atoms with Crippen LogP contribution in [0.15, 0.2) is 12.1 Å². The van der Waals surface area contributed by atoms with E-state index in [9.17, 15) is 9.90 Å². The lowest BCUT2D eigenvalue weighted by atomic mass is 9.77. The van der Waals surface area contributed by atoms with Crippen LogP contribution in [-0.4, -0.2) is 11.0 Å². The number of carbonyl (C=O) groups is 1. The minimum atomic E-state index is -0.248. The summed E-state index contributed by atoms with van der Waals surface area (Å²) in [5.41, 5.74) is 8.62. The van der Waals surface area contributed by atoms with Crippen molar-refractivity contribution in [1.29, 1.82) is 0 Å². The van der Waals surface area contributed by atoms with Gasteiger partial charge in [-0.25, -0.2) is 0 Å². The van der Waals surface area contributed by atoms with Crippen LogP contribution in [0.1, 0.15) is 161 Å². The Hall–Kier alpha value is -1.51. The fourth-order valence-corrected chi connectivity index (χ4v) is 5.05. The highest BCUT2D eigenvalue weighted by atomic mass is 16.3. The summed E-state index contributed by atoms with van der Waals surface area (Å²) in [6.07, 6.45) is 19.9. The van der Waals surface area contributed by atoms with Gasteiger partial charge in [0, 0.05) is 5.92 Å². The third-order valence-corrected chi connectivity index (χ3v) is 7.64. The van der Waals surface area contributed by atoms with Crippen molar-refractivity contribution in [3.05, 3.63) is 28.8 Å². The van der Waals surface area contributed by atoms with Gasteiger partial charge < -0.3 is 10.8 Å². The number of carbonyl (C=O) groups excluding carboxylic acids is 1. The minimum absolute atomic E-state index is 0.0285. The summed E-state index contributed by atoms with van der Waals surface area (Å²) in [6, 6.07) is 4.22. The first-order valence-corrected chi connectivity index (χ1v) is 15.0. The van der Waals surface area contributed by atoms with Crippen molar-refractivity contribution < 1.29 is 9.90 Å². The van der Waals surface area contributed by atoms with Gasteiger partial charge in [0.25, 0.3) is 0 Å². The number of phenolic OH excluding ortho intramolecular Hbond substituents is 1. The fourth-order valence-electron chi connectivity index (χ4n) is 5.05. The molecule has 0 aliphatic carbocycles. The molecular weight excluding hydrogens is 442 g/mol. The van der Waals surface area contributed by atoms with E-state index in [0.29, 0.717) is 12.2 Å². The molecule has 1 unspecified atom stereocenters. The monoisotopic (exact) mass is 501 g/mol. The van der Waals surface area contributed by atoms with Crippen LogP contribution in [0.4, 0.5) is 0 Å². The van der Waals surface area contributed by atoms with Crippen molar-refractivity contribution in [3.8, 4) is 5.75 Å². The Morgan fingerprint density at radius 2 is 1.19 bits per heavy atom. The van der Waals surface area contributed by atoms with Crippen molar-refractivity contribution in [3.63, 3.8) is 0 Å². The Labute approximate surface area is 224 Å². The fraction of sp³-hybridized carbons (Fsp3) is 0.788. The molecule has 3 nitrogen and oxygen atoms in total. The van der Waals surface area contributed by atoms with Crippen LogP contribution in [0.3, 0.4) is 0 Å². The summed E-state index contributed by atoms with van der Waals surface area (Å²) < 4.78 is 0. The van der Waals surface area contributed by atoms with E-state index >= 15 is 0 Å². The zero-order chi connectivity index (χ0) is 27.2. The SMILES string of the molecule is CCCCCCCCCCCCCCCCC(Cc1cc(C(C)(C)C)cc(C(C)(C)C)c1O)C(N)=O. The Kier molecular flexibility index (Phi) is 14.8. The van der Waals surface area contributed by atoms with E-state index in [-0.39, 0.29) is 22.7 Å². The van der Waals surface area contributed by atoms with Crippen LogP contribution in [0, 0.1) is 5.92 Å². The van der Waals surface area contributed by atoms with Gasteiger partial charge in [-0.05, 0) is 40.4 Å². The second-order valence-corrected chi connectivity index (χ2v) is 13.2. The quantitative estimate of drug-likeness (QED) is 0.197. The molecule has 0 saturated carbocycles. The molecule has 0 aliphatic rings. The van der Waals surface area contributed by atoms with E-state index in [1.165, 1.54) is 82.6 Å². The summed E-state index contributed by atoms with van der Waals surface area (Å²) in [7, 11) is 0. The molecule has 3 N–H and O–H groups in total. The number of rotatable bonds is 18. The first kappa shape index (κ1) is 32.5. The van der Waals surface area contributed by atoms with Crippen molar-refractivity contribution >= 4 is 5.91 Å². The summed E-state index contributed by atoms with van der Waals surface area (Å²) in [4.78, 5) is 12.3. The highest BCUT2D eigenvalue weighted by Crippen LogP contribution is 2.38. The molecule has 0 heterocycles. The molecular formula is C33H59NO2. The number of nitrogens with two attached hydrogens (primary N) is 1. The summed E-state index contributed by atoms with van der Waals surface area (Å²) >= 11 is 0. The van der Waals surface area contributed by atoms with E-state index in [2.05, 4.69) is 60.6 Å². The van der Waals surface area contributed by atoms with Crippen molar-refractivity contribution in [2.75, 3.05) is 0 Å². The maximum Gasteiger partial charge on any atom is 0.220 e. The van der Waals surface area contributed by atoms with Crippen molar-refractivity contribution in [1.82, 2.24) is 0 Å². The average molecular weight is 502 g/mol. The van der Waals surface area contributed by atoms with Crippen LogP contribution < -0.4 is 5.73 Å². The van der Waals surface area contributed by atoms with Gasteiger partial charge in [0.15, 0.2) is 0 Å². The van der Waals surface area contributed by atoms with Gasteiger partial charge in [-0.3, -0.25) is 4.79 Å². The Balaban J connectivity index is 2.46. The Bertz CT molecular complexity index is 754. The molecule has 36 heavy (non-hydrogen) atoms. The van der Waals surface area contributed by atoms with Gasteiger partial charge in [-0.15, -0.1) is 0 Å². The van der Waals surface area contributed by atoms with Crippen LogP contribution in [-0.2, 0) is 22.0 Å². The van der Waals surface area contributed by atoms with E-state index in [4.69, 9.17) is 5.73 Å². The van der Waals surface area contributed by atoms with Gasteiger partial charge in [0.1, 0.15) is 5.75 Å². The number of phenols is 1. The van der Waals surface area contributed by atoms with Gasteiger partial charge in [-0.1, -0.05) is 150 Å². The van der Waals surface area contributed by atoms with Crippen LogP contribution in [0.25, 0.3) is 0 Å². The first-order chi connectivity index (χ1) is 16.9. The normalized spacial score (nSPS) is 13.2. The highest BCUT2D eigenvalue weighted by molar-refractivity contribution is 5.77. The molecule has 1 amide bonds. The second-order valence-electron chi connectivity index (χ2n) is 13.2. The number of hydrogen-bond acceptors (Lipinski definition) is 2. The van der Waals surface area contributed by atoms with Gasteiger partial charge >= 0.3 is 0 Å². The minimum Gasteiger partial charge on any atom is -0.507 e. The van der Waals surface area contributed by atoms with E-state index < -0.39 is 0 Å². The predicted molar refractivity (Wildman–Crippen MR) is 157 cm³/mol. The Morgan fingerprint density at radius 3 is 1.58 bits per heavy atom. The lowest BCUT2D eigenvalue weighted by Gasteiger charge is -2.28. The van der Waals surface area contributed by atoms with Crippen molar-refractivity contribution in [2.45, 2.75) is 162 Å². The number of hydrogen-bond donors (Lipinski definition) is 2. The molecule has 0 spiro atoms. The molecule has 208 valence electrons. The summed E-state index contributed by atoms with van der Waals surface area (Å²) in [5.74, 6) is -0.137. The smallest absolute Gasteiger partial charge is 0.220 e. The van der Waals surface area contributed by atoms with E-state index in [1.54, 1.807) is 0 Å². The third kappa shape index (κ3) is 12.6. The van der Waals surface area contributed by atoms with Crippen LogP contribution in [0.2, 0.25) is 0 Å². The number of amides is 1. The lowest BCUT2D eigenvalue weighted by Crippen LogP contribution is -2.26. The molecule has 0 fully saturated rings. The number of primary amides is 1. The van der Waals surface area contributed by atoms with Crippen molar-refractivity contribution in [2.24, 2.45) is 11.7 Å². The average Bonchev–Trinajstić information content (AvgIpc) is 2.77. The number of aromatic hydroxyl groups is 1. The second kappa shape index (κ2) is 16.4. The molecule has 0 saturated heterocycles. The van der Waals surface area contributed by atoms with Crippen LogP contribution >= 0.6 is 0 Å². The molecule has 1 aromatic carbocycles. The molecule has 0 radical (unpaired) electrons. The van der Waals surface area contributed by atoms with Gasteiger partial charge in [-0.2, -0.15) is 0 Å². The zero-order valence-electron chi connectivity index (χ0n) is 25.0. The predicted octanol–water partition coefficient (Wildman–Crippen LogP) is 9.50. The van der Waals surface area contributed by atoms with E-state index in [1.807, 2.05) is 0 Å². The standard InChI is InChI=1S/C33H59NO2/c1-8-9-10-11-12-13-14-15-16-17-18-19-20-21-22-26(31(34)36)23-27-24-28(32(2,3)4)25-29(30(27)35)33(5,6)7/h24-26,35H,8-23H2,1-7H3,(H2,34,36). The molecule has 3 heteroatoms. The molecule has 1 rings (SSSR count). The molecule has 0 aromatic heterocycles. The van der Waals surface area contributed by atoms with Crippen LogP contribution in [0.5, 0.6) is 5.75 Å². The Morgan fingerprint density at radius 1 is 0.750 bits per heavy atom. The maximum atomic E-state index is 12.3. The lowest BCUT2D eigenvalue weighted by molar-refractivity contribution is -0.122. The number of unbranched alkanes of at least 4 members (excludes halogenated alkanes) is 13. The van der Waals surface area contributed by atoms with E-state index in [0.717, 1.165) is 30.4 Å². The summed E-state index contributed by atoms with van der Waals surface area (Å²) in [5, 5.41) is 11.1. The highest BCUT2D eigenvalue weighted by Gasteiger charge is 2.27. The molecule has 0 bridgehead atoms. The molecule has 0 aliphatic heterocycles. The molecule has 1 aromatic rings. The van der Waals surface area contributed by atoms with Gasteiger partial charge in [0.2, 0.25) is 5.91 Å².